The SMILES string of the molecule is COc1cc(C=C2C(=O)NN(c3ccccc3)C2=O)cc(OC)c1OCc1ccc(Cl)cc1. The molecule has 1 aliphatic rings. The predicted octanol–water partition coefficient (Wildman–Crippen LogP) is 4.40. The number of anilines is 1. The first-order chi connectivity index (χ1) is 16.0. The van der Waals surface area contributed by atoms with Crippen molar-refractivity contribution in [3.8, 4) is 17.2 Å². The quantitative estimate of drug-likeness (QED) is 0.414. The number of para-hydroxylation sites is 1. The van der Waals surface area contributed by atoms with Gasteiger partial charge in [-0.1, -0.05) is 41.9 Å². The van der Waals surface area contributed by atoms with Gasteiger partial charge in [-0.2, -0.15) is 0 Å². The van der Waals surface area contributed by atoms with E-state index in [2.05, 4.69) is 5.43 Å². The number of hydrogen-bond acceptors (Lipinski definition) is 5. The van der Waals surface area contributed by atoms with Gasteiger partial charge in [0.05, 0.1) is 19.9 Å². The molecule has 1 N–H and O–H groups in total. The molecule has 8 heteroatoms. The number of ether oxygens (including phenoxy) is 3. The van der Waals surface area contributed by atoms with Crippen molar-refractivity contribution >= 4 is 35.2 Å². The summed E-state index contributed by atoms with van der Waals surface area (Å²) in [5.74, 6) is 0.268. The highest BCUT2D eigenvalue weighted by Gasteiger charge is 2.34. The number of halogens is 1. The average Bonchev–Trinajstić information content (AvgIpc) is 3.12. The van der Waals surface area contributed by atoms with Crippen LogP contribution in [0.4, 0.5) is 5.69 Å². The van der Waals surface area contributed by atoms with E-state index in [9.17, 15) is 9.59 Å². The van der Waals surface area contributed by atoms with Crippen LogP contribution in [0, 0.1) is 0 Å². The normalized spacial score (nSPS) is 14.4. The van der Waals surface area contributed by atoms with Crippen LogP contribution in [0.15, 0.2) is 72.3 Å². The first-order valence-electron chi connectivity index (χ1n) is 10.1. The summed E-state index contributed by atoms with van der Waals surface area (Å²) in [5.41, 5.74) is 4.62. The van der Waals surface area contributed by atoms with Crippen LogP contribution in [-0.2, 0) is 16.2 Å². The Morgan fingerprint density at radius 2 is 1.58 bits per heavy atom. The molecular weight excluding hydrogens is 444 g/mol. The summed E-state index contributed by atoms with van der Waals surface area (Å²) in [4.78, 5) is 25.4. The van der Waals surface area contributed by atoms with E-state index >= 15 is 0 Å². The number of hydrogen-bond donors (Lipinski definition) is 1. The minimum Gasteiger partial charge on any atom is -0.493 e. The van der Waals surface area contributed by atoms with Gasteiger partial charge in [-0.25, -0.2) is 5.01 Å². The van der Waals surface area contributed by atoms with Crippen molar-refractivity contribution in [2.75, 3.05) is 19.2 Å². The van der Waals surface area contributed by atoms with Crippen molar-refractivity contribution in [2.45, 2.75) is 6.61 Å². The Hall–Kier alpha value is -3.97. The third kappa shape index (κ3) is 4.78. The van der Waals surface area contributed by atoms with Crippen molar-refractivity contribution in [1.29, 1.82) is 0 Å². The summed E-state index contributed by atoms with van der Waals surface area (Å²) in [6.45, 7) is 0.275. The van der Waals surface area contributed by atoms with Crippen LogP contribution in [0.3, 0.4) is 0 Å². The zero-order chi connectivity index (χ0) is 23.4. The van der Waals surface area contributed by atoms with E-state index in [4.69, 9.17) is 25.8 Å². The zero-order valence-electron chi connectivity index (χ0n) is 18.0. The van der Waals surface area contributed by atoms with Gasteiger partial charge >= 0.3 is 0 Å². The van der Waals surface area contributed by atoms with Gasteiger partial charge in [0, 0.05) is 5.02 Å². The van der Waals surface area contributed by atoms with E-state index < -0.39 is 11.8 Å². The summed E-state index contributed by atoms with van der Waals surface area (Å²) >= 11 is 5.93. The second-order valence-electron chi connectivity index (χ2n) is 7.14. The Balaban J connectivity index is 1.62. The van der Waals surface area contributed by atoms with Gasteiger partial charge in [-0.15, -0.1) is 0 Å². The predicted molar refractivity (Wildman–Crippen MR) is 125 cm³/mol. The summed E-state index contributed by atoms with van der Waals surface area (Å²) in [7, 11) is 3.01. The van der Waals surface area contributed by atoms with Gasteiger partial charge < -0.3 is 14.2 Å². The minimum absolute atomic E-state index is 0.00204. The van der Waals surface area contributed by atoms with Gasteiger partial charge in [0.1, 0.15) is 12.2 Å². The van der Waals surface area contributed by atoms with Crippen LogP contribution in [0.1, 0.15) is 11.1 Å². The molecule has 2 amide bonds. The van der Waals surface area contributed by atoms with Crippen LogP contribution in [0.2, 0.25) is 5.02 Å². The molecule has 1 aliphatic heterocycles. The topological polar surface area (TPSA) is 77.1 Å². The molecule has 0 aromatic heterocycles. The number of nitrogens with zero attached hydrogens (tertiary/aromatic N) is 1. The molecule has 0 bridgehead atoms. The van der Waals surface area contributed by atoms with E-state index in [1.54, 1.807) is 48.5 Å². The van der Waals surface area contributed by atoms with E-state index in [1.807, 2.05) is 18.2 Å². The maximum Gasteiger partial charge on any atom is 0.282 e. The Labute approximate surface area is 196 Å². The first-order valence-corrected chi connectivity index (χ1v) is 10.4. The molecule has 3 aromatic carbocycles. The fourth-order valence-corrected chi connectivity index (χ4v) is 3.47. The molecule has 1 fully saturated rings. The van der Waals surface area contributed by atoms with Gasteiger partial charge in [0.25, 0.3) is 11.8 Å². The van der Waals surface area contributed by atoms with Gasteiger partial charge in [-0.05, 0) is 53.6 Å². The first kappa shape index (κ1) is 22.2. The summed E-state index contributed by atoms with van der Waals surface area (Å²) in [5, 5.41) is 1.86. The Bertz CT molecular complexity index is 1180. The maximum absolute atomic E-state index is 12.9. The summed E-state index contributed by atoms with van der Waals surface area (Å²) in [6.07, 6.45) is 1.49. The second-order valence-corrected chi connectivity index (χ2v) is 7.58. The molecule has 0 radical (unpaired) electrons. The Kier molecular flexibility index (Phi) is 6.51. The number of amides is 2. The highest BCUT2D eigenvalue weighted by molar-refractivity contribution is 6.31. The lowest BCUT2D eigenvalue weighted by molar-refractivity contribution is -0.117. The lowest BCUT2D eigenvalue weighted by Crippen LogP contribution is -2.35. The van der Waals surface area contributed by atoms with Crippen LogP contribution in [0.5, 0.6) is 17.2 Å². The van der Waals surface area contributed by atoms with E-state index in [0.29, 0.717) is 33.5 Å². The maximum atomic E-state index is 12.9. The summed E-state index contributed by atoms with van der Waals surface area (Å²) in [6, 6.07) is 19.5. The highest BCUT2D eigenvalue weighted by Crippen LogP contribution is 2.40. The smallest absolute Gasteiger partial charge is 0.282 e. The molecule has 1 heterocycles. The fraction of sp³-hybridized carbons (Fsp3) is 0.120. The van der Waals surface area contributed by atoms with Gasteiger partial charge in [0.2, 0.25) is 5.75 Å². The molecule has 0 atom stereocenters. The van der Waals surface area contributed by atoms with Gasteiger partial charge in [-0.3, -0.25) is 15.0 Å². The number of benzene rings is 3. The Morgan fingerprint density at radius 1 is 0.939 bits per heavy atom. The molecule has 7 nitrogen and oxygen atoms in total. The molecule has 33 heavy (non-hydrogen) atoms. The van der Waals surface area contributed by atoms with Crippen LogP contribution in [-0.4, -0.2) is 26.0 Å². The van der Waals surface area contributed by atoms with Crippen molar-refractivity contribution in [3.63, 3.8) is 0 Å². The number of nitrogens with one attached hydrogen (secondary N) is 1. The third-order valence-electron chi connectivity index (χ3n) is 5.00. The van der Waals surface area contributed by atoms with Crippen LogP contribution in [0.25, 0.3) is 6.08 Å². The van der Waals surface area contributed by atoms with Crippen LogP contribution >= 0.6 is 11.6 Å². The van der Waals surface area contributed by atoms with Crippen molar-refractivity contribution in [1.82, 2.24) is 5.43 Å². The molecule has 168 valence electrons. The van der Waals surface area contributed by atoms with E-state index in [-0.39, 0.29) is 12.2 Å². The average molecular weight is 465 g/mol. The molecule has 0 spiro atoms. The molecule has 0 aliphatic carbocycles. The summed E-state index contributed by atoms with van der Waals surface area (Å²) < 4.78 is 16.9. The monoisotopic (exact) mass is 464 g/mol. The Morgan fingerprint density at radius 3 is 2.18 bits per heavy atom. The lowest BCUT2D eigenvalue weighted by atomic mass is 10.1. The molecular formula is C25H21ClN2O5. The number of carbonyl (C=O) groups is 2. The standard InChI is InChI=1S/C25H21ClN2O5/c1-31-21-13-17(12-20-24(29)27-28(25(20)30)19-6-4-3-5-7-19)14-22(32-2)23(21)33-15-16-8-10-18(26)11-9-16/h3-14H,15H2,1-2H3,(H,27,29). The minimum atomic E-state index is -0.496. The number of hydrazine groups is 1. The molecule has 3 aromatic rings. The second kappa shape index (κ2) is 9.67. The van der Waals surface area contributed by atoms with Crippen molar-refractivity contribution < 1.29 is 23.8 Å². The zero-order valence-corrected chi connectivity index (χ0v) is 18.8. The van der Waals surface area contributed by atoms with E-state index in [1.165, 1.54) is 25.3 Å². The highest BCUT2D eigenvalue weighted by atomic mass is 35.5. The molecule has 1 saturated heterocycles. The third-order valence-corrected chi connectivity index (χ3v) is 5.25. The molecule has 0 unspecified atom stereocenters. The molecule has 4 rings (SSSR count). The largest absolute Gasteiger partial charge is 0.493 e. The van der Waals surface area contributed by atoms with Crippen molar-refractivity contribution in [2.24, 2.45) is 0 Å². The van der Waals surface area contributed by atoms with Crippen LogP contribution < -0.4 is 24.6 Å². The van der Waals surface area contributed by atoms with E-state index in [0.717, 1.165) is 5.56 Å². The van der Waals surface area contributed by atoms with Gasteiger partial charge in [0.15, 0.2) is 11.5 Å². The number of methoxy groups -OCH3 is 2. The molecule has 0 saturated carbocycles. The van der Waals surface area contributed by atoms with Crippen molar-refractivity contribution in [3.05, 3.63) is 88.5 Å². The number of carbonyl (C=O) groups excluding carboxylic acids is 2. The number of rotatable bonds is 7. The lowest BCUT2D eigenvalue weighted by Gasteiger charge is -2.15. The fourth-order valence-electron chi connectivity index (χ4n) is 3.34.